The van der Waals surface area contributed by atoms with Gasteiger partial charge in [0, 0.05) is 6.20 Å². The average molecular weight is 276 g/mol. The van der Waals surface area contributed by atoms with Gasteiger partial charge in [-0.25, -0.2) is 4.98 Å². The van der Waals surface area contributed by atoms with E-state index in [1.807, 2.05) is 18.2 Å². The van der Waals surface area contributed by atoms with Gasteiger partial charge in [0.15, 0.2) is 24.2 Å². The Balaban J connectivity index is 1.79. The minimum absolute atomic E-state index is 0.0839. The number of nitrogens with zero attached hydrogens (tertiary/aromatic N) is 1. The van der Waals surface area contributed by atoms with E-state index in [1.165, 1.54) is 0 Å². The van der Waals surface area contributed by atoms with Gasteiger partial charge in [0.25, 0.3) is 0 Å². The molecule has 0 saturated heterocycles. The minimum atomic E-state index is -2.82. The van der Waals surface area contributed by atoms with Crippen LogP contribution in [0.5, 0.6) is 11.5 Å². The van der Waals surface area contributed by atoms with Crippen LogP contribution in [0.3, 0.4) is 0 Å². The van der Waals surface area contributed by atoms with Crippen molar-refractivity contribution in [1.29, 1.82) is 0 Å². The van der Waals surface area contributed by atoms with Gasteiger partial charge in [-0.3, -0.25) is 4.57 Å². The van der Waals surface area contributed by atoms with E-state index < -0.39 is 7.29 Å². The molecule has 0 fully saturated rings. The van der Waals surface area contributed by atoms with Crippen molar-refractivity contribution in [2.75, 3.05) is 17.8 Å². The SMILES string of the molecule is O=P1(Nc2ccccn2)COc2ccccc2OC1. The van der Waals surface area contributed by atoms with Crippen molar-refractivity contribution in [1.82, 2.24) is 4.98 Å². The number of aromatic nitrogens is 1. The zero-order valence-corrected chi connectivity index (χ0v) is 11.0. The zero-order chi connectivity index (χ0) is 13.1. The first kappa shape index (κ1) is 12.1. The molecule has 98 valence electrons. The van der Waals surface area contributed by atoms with Crippen LogP contribution in [0.2, 0.25) is 0 Å². The molecule has 0 radical (unpaired) electrons. The normalized spacial score (nSPS) is 16.4. The van der Waals surface area contributed by atoms with Crippen molar-refractivity contribution in [2.24, 2.45) is 0 Å². The summed E-state index contributed by atoms with van der Waals surface area (Å²) in [6.45, 7) is 0. The molecule has 0 atom stereocenters. The molecule has 2 aromatic rings. The Bertz CT molecular complexity index is 587. The van der Waals surface area contributed by atoms with Crippen LogP contribution in [-0.2, 0) is 4.57 Å². The number of hydrogen-bond donors (Lipinski definition) is 1. The van der Waals surface area contributed by atoms with Crippen LogP contribution in [0.15, 0.2) is 48.7 Å². The van der Waals surface area contributed by atoms with E-state index in [-0.39, 0.29) is 12.7 Å². The maximum absolute atomic E-state index is 12.7. The van der Waals surface area contributed by atoms with Crippen molar-refractivity contribution in [3.05, 3.63) is 48.7 Å². The largest absolute Gasteiger partial charge is 0.480 e. The van der Waals surface area contributed by atoms with Gasteiger partial charge in [-0.15, -0.1) is 0 Å². The summed E-state index contributed by atoms with van der Waals surface area (Å²) in [5, 5.41) is 2.93. The van der Waals surface area contributed by atoms with Crippen LogP contribution in [0.25, 0.3) is 0 Å². The molecule has 0 bridgehead atoms. The third kappa shape index (κ3) is 2.71. The number of pyridine rings is 1. The number of rotatable bonds is 2. The lowest BCUT2D eigenvalue weighted by atomic mass is 10.3. The smallest absolute Gasteiger partial charge is 0.242 e. The van der Waals surface area contributed by atoms with Crippen molar-refractivity contribution in [3.63, 3.8) is 0 Å². The second kappa shape index (κ2) is 4.94. The molecule has 1 aromatic heterocycles. The average Bonchev–Trinajstić information content (AvgIpc) is 2.61. The quantitative estimate of drug-likeness (QED) is 0.854. The number of para-hydroxylation sites is 2. The Morgan fingerprint density at radius 3 is 2.21 bits per heavy atom. The third-order valence-electron chi connectivity index (χ3n) is 2.69. The Morgan fingerprint density at radius 2 is 1.63 bits per heavy atom. The van der Waals surface area contributed by atoms with Gasteiger partial charge in [0.1, 0.15) is 5.82 Å². The molecule has 1 aliphatic rings. The molecule has 1 N–H and O–H groups in total. The van der Waals surface area contributed by atoms with Gasteiger partial charge in [0.05, 0.1) is 0 Å². The van der Waals surface area contributed by atoms with E-state index in [1.54, 1.807) is 30.5 Å². The molecule has 0 amide bonds. The standard InChI is InChI=1S/C13H13N2O3P/c16-19(15-13-7-3-4-8-14-13)9-17-11-5-1-2-6-12(11)18-10-19/h1-8H,9-10H2,(H,14,15,16). The monoisotopic (exact) mass is 276 g/mol. The van der Waals surface area contributed by atoms with E-state index in [4.69, 9.17) is 9.47 Å². The highest BCUT2D eigenvalue weighted by Gasteiger charge is 2.28. The van der Waals surface area contributed by atoms with Crippen molar-refractivity contribution in [2.45, 2.75) is 0 Å². The summed E-state index contributed by atoms with van der Waals surface area (Å²) in [5.74, 6) is 1.79. The van der Waals surface area contributed by atoms with Crippen LogP contribution in [0.4, 0.5) is 5.82 Å². The lowest BCUT2D eigenvalue weighted by Crippen LogP contribution is -2.10. The molecular formula is C13H13N2O3P. The summed E-state index contributed by atoms with van der Waals surface area (Å²) in [4.78, 5) is 4.10. The molecule has 0 spiro atoms. The zero-order valence-electron chi connectivity index (χ0n) is 10.2. The van der Waals surface area contributed by atoms with Crippen LogP contribution in [0, 0.1) is 0 Å². The fourth-order valence-electron chi connectivity index (χ4n) is 1.78. The molecular weight excluding hydrogens is 263 g/mol. The summed E-state index contributed by atoms with van der Waals surface area (Å²) in [6.07, 6.45) is 1.81. The van der Waals surface area contributed by atoms with Crippen LogP contribution >= 0.6 is 7.29 Å². The summed E-state index contributed by atoms with van der Waals surface area (Å²) in [6, 6.07) is 12.7. The van der Waals surface area contributed by atoms with Crippen molar-refractivity contribution >= 4 is 13.1 Å². The lowest BCUT2D eigenvalue weighted by molar-refractivity contribution is 0.355. The number of anilines is 1. The topological polar surface area (TPSA) is 60.5 Å². The Hall–Kier alpha value is -2.00. The van der Waals surface area contributed by atoms with E-state index >= 15 is 0 Å². The molecule has 0 aliphatic carbocycles. The Kier molecular flexibility index (Phi) is 3.13. The highest BCUT2D eigenvalue weighted by atomic mass is 31.2. The van der Waals surface area contributed by atoms with Crippen LogP contribution in [0.1, 0.15) is 0 Å². The maximum Gasteiger partial charge on any atom is 0.242 e. The molecule has 2 heterocycles. The molecule has 6 heteroatoms. The maximum atomic E-state index is 12.7. The van der Waals surface area contributed by atoms with Gasteiger partial charge >= 0.3 is 0 Å². The predicted molar refractivity (Wildman–Crippen MR) is 72.9 cm³/mol. The molecule has 1 aliphatic heterocycles. The lowest BCUT2D eigenvalue weighted by Gasteiger charge is -2.16. The molecule has 5 nitrogen and oxygen atoms in total. The van der Waals surface area contributed by atoms with Crippen LogP contribution in [-0.4, -0.2) is 17.7 Å². The Labute approximate surface area is 111 Å². The number of hydrogen-bond acceptors (Lipinski definition) is 4. The minimum Gasteiger partial charge on any atom is -0.480 e. The summed E-state index contributed by atoms with van der Waals surface area (Å²) < 4.78 is 23.8. The van der Waals surface area contributed by atoms with Gasteiger partial charge in [-0.1, -0.05) is 18.2 Å². The highest BCUT2D eigenvalue weighted by Crippen LogP contribution is 2.48. The van der Waals surface area contributed by atoms with Gasteiger partial charge in [-0.05, 0) is 24.3 Å². The summed E-state index contributed by atoms with van der Waals surface area (Å²) in [5.41, 5.74) is 0. The summed E-state index contributed by atoms with van der Waals surface area (Å²) >= 11 is 0. The second-order valence-corrected chi connectivity index (χ2v) is 6.73. The molecule has 1 aromatic carbocycles. The van der Waals surface area contributed by atoms with Crippen LogP contribution < -0.4 is 14.6 Å². The van der Waals surface area contributed by atoms with Crippen molar-refractivity contribution < 1.29 is 14.0 Å². The number of benzene rings is 1. The number of ether oxygens (including phenoxy) is 2. The van der Waals surface area contributed by atoms with E-state index in [0.717, 1.165) is 0 Å². The Morgan fingerprint density at radius 1 is 1.00 bits per heavy atom. The fraction of sp³-hybridized carbons (Fsp3) is 0.154. The van der Waals surface area contributed by atoms with E-state index in [9.17, 15) is 4.57 Å². The first-order chi connectivity index (χ1) is 9.25. The first-order valence-corrected chi connectivity index (χ1v) is 7.95. The summed E-state index contributed by atoms with van der Waals surface area (Å²) in [7, 11) is -2.82. The van der Waals surface area contributed by atoms with Gasteiger partial charge in [0.2, 0.25) is 7.29 Å². The fourth-order valence-corrected chi connectivity index (χ4v) is 3.22. The number of nitrogens with one attached hydrogen (secondary N) is 1. The first-order valence-electron chi connectivity index (χ1n) is 5.87. The highest BCUT2D eigenvalue weighted by molar-refractivity contribution is 7.65. The molecule has 0 saturated carbocycles. The van der Waals surface area contributed by atoms with E-state index in [2.05, 4.69) is 10.1 Å². The van der Waals surface area contributed by atoms with Crippen molar-refractivity contribution in [3.8, 4) is 11.5 Å². The third-order valence-corrected chi connectivity index (χ3v) is 4.42. The second-order valence-electron chi connectivity index (χ2n) is 4.21. The molecule has 3 rings (SSSR count). The van der Waals surface area contributed by atoms with E-state index in [0.29, 0.717) is 17.3 Å². The number of fused-ring (bicyclic) bond motifs is 1. The molecule has 19 heavy (non-hydrogen) atoms. The van der Waals surface area contributed by atoms with Gasteiger partial charge in [-0.2, -0.15) is 0 Å². The molecule has 0 unspecified atom stereocenters. The van der Waals surface area contributed by atoms with Gasteiger partial charge < -0.3 is 14.6 Å². The predicted octanol–water partition coefficient (Wildman–Crippen LogP) is 3.16.